The molecule has 0 saturated heterocycles. The largest absolute Gasteiger partial charge is 0.493 e. The van der Waals surface area contributed by atoms with Crippen LogP contribution in [0, 0.1) is 36.5 Å². The molecular weight excluding hydrogens is 745 g/mol. The Morgan fingerprint density at radius 1 is 0.610 bits per heavy atom. The van der Waals surface area contributed by atoms with Gasteiger partial charge in [0, 0.05) is 61.0 Å². The lowest BCUT2D eigenvalue weighted by Crippen LogP contribution is -2.40. The first kappa shape index (κ1) is 48.4. The second-order valence-electron chi connectivity index (χ2n) is 16.1. The number of carbonyl (C=O) groups is 4. The van der Waals surface area contributed by atoms with Gasteiger partial charge in [-0.15, -0.1) is 24.7 Å². The Bertz CT molecular complexity index is 1630. The van der Waals surface area contributed by atoms with E-state index in [4.69, 9.17) is 31.8 Å². The van der Waals surface area contributed by atoms with Gasteiger partial charge in [-0.3, -0.25) is 9.59 Å². The normalized spacial score (nSPS) is 15.9. The van der Waals surface area contributed by atoms with E-state index in [2.05, 4.69) is 36.3 Å². The van der Waals surface area contributed by atoms with Crippen LogP contribution in [0.2, 0.25) is 0 Å². The van der Waals surface area contributed by atoms with E-state index in [1.165, 1.54) is 0 Å². The highest BCUT2D eigenvalue weighted by Crippen LogP contribution is 2.34. The number of terminal acetylenes is 2. The summed E-state index contributed by atoms with van der Waals surface area (Å²) in [5.74, 6) is 8.37. The number of hydrogen-bond acceptors (Lipinski definition) is 8. The molecule has 0 heterocycles. The number of nitrogens with one attached hydrogen (secondary N) is 2. The van der Waals surface area contributed by atoms with Crippen LogP contribution in [0.15, 0.2) is 30.3 Å². The van der Waals surface area contributed by atoms with Crippen molar-refractivity contribution in [1.29, 1.82) is 0 Å². The van der Waals surface area contributed by atoms with E-state index in [0.717, 1.165) is 50.5 Å². The van der Waals surface area contributed by atoms with Crippen LogP contribution < -0.4 is 29.6 Å². The van der Waals surface area contributed by atoms with Crippen molar-refractivity contribution in [1.82, 2.24) is 10.6 Å². The molecule has 2 N–H and O–H groups in total. The number of hydrogen-bond donors (Lipinski definition) is 2. The predicted molar refractivity (Wildman–Crippen MR) is 233 cm³/mol. The molecule has 1 fully saturated rings. The summed E-state index contributed by atoms with van der Waals surface area (Å²) in [5.41, 5.74) is 1.68. The number of Topliss-reactive ketones (excluding diaryl/α,β-unsaturated/α-hetero) is 2. The van der Waals surface area contributed by atoms with Crippen molar-refractivity contribution in [3.63, 3.8) is 0 Å². The fourth-order valence-corrected chi connectivity index (χ4v) is 7.38. The second-order valence-corrected chi connectivity index (χ2v) is 16.1. The summed E-state index contributed by atoms with van der Waals surface area (Å²) in [6, 6.07) is 8.90. The standard InChI is InChI=1S/C49H68N2O8/c1-7-9-11-15-24-56-43-31-40(32-44(35-43)57-25-16-12-10-8-2)48(54)50-23-19-22-45-46(58-26-17-13-20-38(5)52)33-41(34-47(45)59-27-18-14-21-39(6)53)49(55)51-42-29-36(3)28-37(4)30-42/h1-2,31-37,42H,9-30H2,3-6H3,(H,50,54)(H,51,55)/t36-,37+,42?. The molecule has 1 unspecified atom stereocenters. The van der Waals surface area contributed by atoms with E-state index in [0.29, 0.717) is 143 Å². The van der Waals surface area contributed by atoms with Gasteiger partial charge in [0.15, 0.2) is 0 Å². The van der Waals surface area contributed by atoms with Crippen LogP contribution in [0.5, 0.6) is 23.0 Å². The minimum Gasteiger partial charge on any atom is -0.493 e. The highest BCUT2D eigenvalue weighted by atomic mass is 16.5. The molecule has 1 saturated carbocycles. The molecule has 10 nitrogen and oxygen atoms in total. The molecule has 1 aliphatic carbocycles. The van der Waals surface area contributed by atoms with Crippen molar-refractivity contribution >= 4 is 23.4 Å². The zero-order chi connectivity index (χ0) is 42.8. The number of ether oxygens (including phenoxy) is 4. The smallest absolute Gasteiger partial charge is 0.251 e. The van der Waals surface area contributed by atoms with Crippen LogP contribution in [-0.4, -0.2) is 62.4 Å². The number of carbonyl (C=O) groups excluding carboxylic acids is 4. The molecule has 3 rings (SSSR count). The van der Waals surface area contributed by atoms with Gasteiger partial charge >= 0.3 is 0 Å². The second kappa shape index (κ2) is 27.7. The summed E-state index contributed by atoms with van der Waals surface area (Å²) in [6.45, 7) is 9.66. The summed E-state index contributed by atoms with van der Waals surface area (Å²) in [5, 5.41) is 6.32. The van der Waals surface area contributed by atoms with Gasteiger partial charge in [0.05, 0.1) is 26.4 Å². The lowest BCUT2D eigenvalue weighted by Gasteiger charge is -2.32. The Labute approximate surface area is 353 Å². The van der Waals surface area contributed by atoms with Crippen molar-refractivity contribution in [3.8, 4) is 47.7 Å². The van der Waals surface area contributed by atoms with E-state index in [-0.39, 0.29) is 29.4 Å². The predicted octanol–water partition coefficient (Wildman–Crippen LogP) is 9.24. The third-order valence-electron chi connectivity index (χ3n) is 10.3. The zero-order valence-electron chi connectivity index (χ0n) is 36.1. The molecule has 0 aromatic heterocycles. The first-order valence-electron chi connectivity index (χ1n) is 21.8. The summed E-state index contributed by atoms with van der Waals surface area (Å²) in [4.78, 5) is 50.5. The molecule has 1 aliphatic rings. The number of amides is 2. The molecular formula is C49H68N2O8. The van der Waals surface area contributed by atoms with Crippen LogP contribution in [-0.2, 0) is 16.0 Å². The Kier molecular flexibility index (Phi) is 22.7. The lowest BCUT2D eigenvalue weighted by molar-refractivity contribution is -0.118. The maximum absolute atomic E-state index is 13.8. The maximum Gasteiger partial charge on any atom is 0.251 e. The third-order valence-corrected chi connectivity index (χ3v) is 10.3. The minimum absolute atomic E-state index is 0.0871. The fourth-order valence-electron chi connectivity index (χ4n) is 7.38. The zero-order valence-corrected chi connectivity index (χ0v) is 36.1. The van der Waals surface area contributed by atoms with Crippen molar-refractivity contribution in [2.45, 2.75) is 143 Å². The average Bonchev–Trinajstić information content (AvgIpc) is 3.18. The summed E-state index contributed by atoms with van der Waals surface area (Å²) >= 11 is 0. The number of ketones is 2. The molecule has 3 atom stereocenters. The van der Waals surface area contributed by atoms with Gasteiger partial charge in [0.2, 0.25) is 0 Å². The number of benzene rings is 2. The van der Waals surface area contributed by atoms with E-state index in [1.807, 2.05) is 0 Å². The highest BCUT2D eigenvalue weighted by Gasteiger charge is 2.26. The first-order chi connectivity index (χ1) is 28.5. The Balaban J connectivity index is 1.80. The molecule has 2 aromatic carbocycles. The lowest BCUT2D eigenvalue weighted by atomic mass is 9.80. The van der Waals surface area contributed by atoms with Crippen LogP contribution in [0.1, 0.15) is 157 Å². The quantitative estimate of drug-likeness (QED) is 0.0615. The van der Waals surface area contributed by atoms with E-state index < -0.39 is 0 Å². The number of unbranched alkanes of at least 4 members (excludes halogenated alkanes) is 6. The highest BCUT2D eigenvalue weighted by molar-refractivity contribution is 5.96. The van der Waals surface area contributed by atoms with Crippen LogP contribution in [0.4, 0.5) is 0 Å². The van der Waals surface area contributed by atoms with Gasteiger partial charge in [-0.1, -0.05) is 13.8 Å². The third kappa shape index (κ3) is 19.6. The van der Waals surface area contributed by atoms with E-state index in [9.17, 15) is 19.2 Å². The average molecular weight is 813 g/mol. The molecule has 322 valence electrons. The molecule has 10 heteroatoms. The van der Waals surface area contributed by atoms with E-state index in [1.54, 1.807) is 44.2 Å². The van der Waals surface area contributed by atoms with Crippen LogP contribution in [0.3, 0.4) is 0 Å². The van der Waals surface area contributed by atoms with Crippen LogP contribution in [0.25, 0.3) is 0 Å². The summed E-state index contributed by atoms with van der Waals surface area (Å²) < 4.78 is 24.7. The Morgan fingerprint density at radius 2 is 1.08 bits per heavy atom. The van der Waals surface area contributed by atoms with Crippen molar-refractivity contribution < 1.29 is 38.1 Å². The van der Waals surface area contributed by atoms with Crippen LogP contribution >= 0.6 is 0 Å². The summed E-state index contributed by atoms with van der Waals surface area (Å²) in [7, 11) is 0. The molecule has 2 amide bonds. The molecule has 0 bridgehead atoms. The van der Waals surface area contributed by atoms with Gasteiger partial charge in [-0.2, -0.15) is 0 Å². The van der Waals surface area contributed by atoms with Gasteiger partial charge in [0.1, 0.15) is 34.6 Å². The van der Waals surface area contributed by atoms with Crippen molar-refractivity contribution in [2.75, 3.05) is 33.0 Å². The van der Waals surface area contributed by atoms with E-state index >= 15 is 0 Å². The Morgan fingerprint density at radius 3 is 1.58 bits per heavy atom. The van der Waals surface area contributed by atoms with Gasteiger partial charge < -0.3 is 39.2 Å². The van der Waals surface area contributed by atoms with Crippen molar-refractivity contribution in [3.05, 3.63) is 47.0 Å². The molecule has 59 heavy (non-hydrogen) atoms. The first-order valence-corrected chi connectivity index (χ1v) is 21.8. The molecule has 0 spiro atoms. The monoisotopic (exact) mass is 812 g/mol. The molecule has 0 radical (unpaired) electrons. The van der Waals surface area contributed by atoms with Crippen molar-refractivity contribution in [2.24, 2.45) is 11.8 Å². The molecule has 0 aliphatic heterocycles. The van der Waals surface area contributed by atoms with Gasteiger partial charge in [-0.05, 0) is 133 Å². The minimum atomic E-state index is -0.262. The topological polar surface area (TPSA) is 129 Å². The number of rotatable bonds is 29. The molecule has 2 aromatic rings. The van der Waals surface area contributed by atoms with Gasteiger partial charge in [-0.25, -0.2) is 0 Å². The Hall–Kier alpha value is -4.96. The maximum atomic E-state index is 13.8. The summed E-state index contributed by atoms with van der Waals surface area (Å²) in [6.07, 6.45) is 23.2. The SMILES string of the molecule is C#CCCCCOc1cc(OCCCCC#C)cc(C(=O)NCCCc2c(OCCCCC(C)=O)cc(C(=O)NC3C[C@@H](C)C[C@@H](C)C3)cc2OCCCCC(C)=O)c1. The van der Waals surface area contributed by atoms with Gasteiger partial charge in [0.25, 0.3) is 11.8 Å². The fraction of sp³-hybridized carbons (Fsp3) is 0.592.